The van der Waals surface area contributed by atoms with Crippen LogP contribution in [0.4, 0.5) is 0 Å². The topological polar surface area (TPSA) is 59.5 Å². The highest BCUT2D eigenvalue weighted by Crippen LogP contribution is 2.20. The van der Waals surface area contributed by atoms with E-state index in [4.69, 9.17) is 0 Å². The number of pyridine rings is 1. The molecule has 1 unspecified atom stereocenters. The molecule has 21 heavy (non-hydrogen) atoms. The van der Waals surface area contributed by atoms with Gasteiger partial charge >= 0.3 is 5.69 Å². The first kappa shape index (κ1) is 13.6. The minimum atomic E-state index is -0.757. The number of benzene rings is 1. The highest BCUT2D eigenvalue weighted by Gasteiger charge is 2.15. The van der Waals surface area contributed by atoms with E-state index in [-0.39, 0.29) is 12.2 Å². The minimum Gasteiger partial charge on any atom is -0.386 e. The lowest BCUT2D eigenvalue weighted by molar-refractivity contribution is 0.149. The molecule has 0 fully saturated rings. The van der Waals surface area contributed by atoms with E-state index in [0.717, 1.165) is 16.7 Å². The van der Waals surface area contributed by atoms with Crippen LogP contribution in [0, 0.1) is 13.8 Å². The molecule has 1 N–H and O–H groups in total. The van der Waals surface area contributed by atoms with Crippen LogP contribution < -0.4 is 5.69 Å². The number of hydrogen-bond donors (Lipinski definition) is 1. The van der Waals surface area contributed by atoms with E-state index in [9.17, 15) is 9.90 Å². The summed E-state index contributed by atoms with van der Waals surface area (Å²) < 4.78 is 2.78. The van der Waals surface area contributed by atoms with E-state index in [0.29, 0.717) is 5.65 Å². The second kappa shape index (κ2) is 5.18. The van der Waals surface area contributed by atoms with Gasteiger partial charge in [-0.05, 0) is 37.1 Å². The lowest BCUT2D eigenvalue weighted by Crippen LogP contribution is -2.24. The zero-order chi connectivity index (χ0) is 15.0. The Hall–Kier alpha value is -2.40. The van der Waals surface area contributed by atoms with Crippen molar-refractivity contribution in [1.82, 2.24) is 14.2 Å². The smallest absolute Gasteiger partial charge is 0.350 e. The molecule has 0 saturated heterocycles. The Balaban J connectivity index is 1.96. The first-order valence-electron chi connectivity index (χ1n) is 6.85. The molecular weight excluding hydrogens is 266 g/mol. The highest BCUT2D eigenvalue weighted by atomic mass is 16.3. The van der Waals surface area contributed by atoms with Gasteiger partial charge in [-0.25, -0.2) is 9.48 Å². The molecule has 5 nitrogen and oxygen atoms in total. The molecule has 0 bridgehead atoms. The van der Waals surface area contributed by atoms with Gasteiger partial charge in [0.2, 0.25) is 0 Å². The molecule has 0 aliphatic rings. The summed E-state index contributed by atoms with van der Waals surface area (Å²) in [5.74, 6) is 0. The average Bonchev–Trinajstić information content (AvgIpc) is 2.78. The fourth-order valence-electron chi connectivity index (χ4n) is 2.47. The Bertz CT molecular complexity index is 848. The first-order chi connectivity index (χ1) is 10.1. The van der Waals surface area contributed by atoms with Crippen LogP contribution in [-0.4, -0.2) is 19.3 Å². The van der Waals surface area contributed by atoms with Gasteiger partial charge in [0.15, 0.2) is 5.65 Å². The largest absolute Gasteiger partial charge is 0.386 e. The van der Waals surface area contributed by atoms with Gasteiger partial charge in [-0.2, -0.15) is 0 Å². The number of hydrogen-bond acceptors (Lipinski definition) is 3. The molecule has 0 aliphatic heterocycles. The summed E-state index contributed by atoms with van der Waals surface area (Å²) in [7, 11) is 0. The summed E-state index contributed by atoms with van der Waals surface area (Å²) in [6.07, 6.45) is 0.915. The van der Waals surface area contributed by atoms with Crippen LogP contribution in [0.15, 0.2) is 47.4 Å². The summed E-state index contributed by atoms with van der Waals surface area (Å²) in [5, 5.41) is 14.7. The highest BCUT2D eigenvalue weighted by molar-refractivity contribution is 5.36. The predicted molar refractivity (Wildman–Crippen MR) is 80.3 cm³/mol. The van der Waals surface area contributed by atoms with Crippen LogP contribution in [0.5, 0.6) is 0 Å². The Kier molecular flexibility index (Phi) is 3.35. The third-order valence-electron chi connectivity index (χ3n) is 3.63. The molecule has 108 valence electrons. The second-order valence-corrected chi connectivity index (χ2v) is 5.27. The summed E-state index contributed by atoms with van der Waals surface area (Å²) >= 11 is 0. The van der Waals surface area contributed by atoms with Crippen LogP contribution in [-0.2, 0) is 6.54 Å². The lowest BCUT2D eigenvalue weighted by Gasteiger charge is -2.13. The third kappa shape index (κ3) is 2.48. The molecule has 5 heteroatoms. The number of aliphatic hydroxyl groups is 1. The van der Waals surface area contributed by atoms with Crippen molar-refractivity contribution in [2.45, 2.75) is 26.5 Å². The first-order valence-corrected chi connectivity index (χ1v) is 6.85. The molecule has 3 aromatic rings. The minimum absolute atomic E-state index is 0.144. The fraction of sp³-hybridized carbons (Fsp3) is 0.250. The standard InChI is InChI=1S/C16H17N3O2/c1-11-6-7-12(2)13(9-11)14(20)10-19-16(21)18-8-4-3-5-15(18)17-19/h3-9,14,20H,10H2,1-2H3. The van der Waals surface area contributed by atoms with E-state index in [2.05, 4.69) is 5.10 Å². The zero-order valence-corrected chi connectivity index (χ0v) is 12.0. The lowest BCUT2D eigenvalue weighted by atomic mass is 10.0. The normalized spacial score (nSPS) is 12.7. The van der Waals surface area contributed by atoms with Crippen molar-refractivity contribution in [2.75, 3.05) is 0 Å². The zero-order valence-electron chi connectivity index (χ0n) is 12.0. The Labute approximate surface area is 122 Å². The maximum Gasteiger partial charge on any atom is 0.350 e. The quantitative estimate of drug-likeness (QED) is 0.798. The molecule has 2 aromatic heterocycles. The van der Waals surface area contributed by atoms with E-state index < -0.39 is 6.10 Å². The number of rotatable bonds is 3. The van der Waals surface area contributed by atoms with Crippen molar-refractivity contribution < 1.29 is 5.11 Å². The SMILES string of the molecule is Cc1ccc(C)c(C(O)Cn2nc3ccccn3c2=O)c1. The van der Waals surface area contributed by atoms with Gasteiger partial charge in [-0.15, -0.1) is 5.10 Å². The summed E-state index contributed by atoms with van der Waals surface area (Å²) in [6.45, 7) is 4.07. The van der Waals surface area contributed by atoms with Gasteiger partial charge in [0.1, 0.15) is 0 Å². The van der Waals surface area contributed by atoms with Gasteiger partial charge in [-0.1, -0.05) is 29.8 Å². The number of aromatic nitrogens is 3. The fourth-order valence-corrected chi connectivity index (χ4v) is 2.47. The Morgan fingerprint density at radius 3 is 2.81 bits per heavy atom. The number of fused-ring (bicyclic) bond motifs is 1. The Morgan fingerprint density at radius 2 is 2.05 bits per heavy atom. The average molecular weight is 283 g/mol. The van der Waals surface area contributed by atoms with Crippen molar-refractivity contribution >= 4 is 5.65 Å². The molecule has 1 atom stereocenters. The molecule has 0 aliphatic carbocycles. The van der Waals surface area contributed by atoms with Crippen molar-refractivity contribution in [3.63, 3.8) is 0 Å². The van der Waals surface area contributed by atoms with Crippen molar-refractivity contribution in [1.29, 1.82) is 0 Å². The molecule has 0 saturated carbocycles. The van der Waals surface area contributed by atoms with Gasteiger partial charge in [0.25, 0.3) is 0 Å². The monoisotopic (exact) mass is 283 g/mol. The third-order valence-corrected chi connectivity index (χ3v) is 3.63. The van der Waals surface area contributed by atoms with Gasteiger partial charge < -0.3 is 5.11 Å². The molecule has 1 aromatic carbocycles. The van der Waals surface area contributed by atoms with Gasteiger partial charge in [0.05, 0.1) is 12.6 Å². The van der Waals surface area contributed by atoms with Crippen LogP contribution in [0.2, 0.25) is 0 Å². The molecule has 0 spiro atoms. The van der Waals surface area contributed by atoms with E-state index in [1.165, 1.54) is 9.08 Å². The van der Waals surface area contributed by atoms with E-state index >= 15 is 0 Å². The molecule has 0 radical (unpaired) electrons. The summed E-state index contributed by atoms with van der Waals surface area (Å²) in [6, 6.07) is 11.3. The molecule has 2 heterocycles. The van der Waals surface area contributed by atoms with E-state index in [1.54, 1.807) is 18.3 Å². The van der Waals surface area contributed by atoms with E-state index in [1.807, 2.05) is 38.1 Å². The summed E-state index contributed by atoms with van der Waals surface area (Å²) in [5.41, 5.74) is 3.26. The van der Waals surface area contributed by atoms with Crippen LogP contribution >= 0.6 is 0 Å². The molecular formula is C16H17N3O2. The summed E-state index contributed by atoms with van der Waals surface area (Å²) in [4.78, 5) is 12.2. The van der Waals surface area contributed by atoms with Crippen LogP contribution in [0.25, 0.3) is 5.65 Å². The van der Waals surface area contributed by atoms with Crippen LogP contribution in [0.3, 0.4) is 0 Å². The Morgan fingerprint density at radius 1 is 1.24 bits per heavy atom. The van der Waals surface area contributed by atoms with Crippen molar-refractivity contribution in [3.8, 4) is 0 Å². The van der Waals surface area contributed by atoms with Crippen molar-refractivity contribution in [2.24, 2.45) is 0 Å². The maximum absolute atomic E-state index is 12.2. The maximum atomic E-state index is 12.2. The molecule has 0 amide bonds. The van der Waals surface area contributed by atoms with Crippen LogP contribution in [0.1, 0.15) is 22.8 Å². The number of aliphatic hydroxyl groups excluding tert-OH is 1. The van der Waals surface area contributed by atoms with Gasteiger partial charge in [-0.3, -0.25) is 4.40 Å². The number of nitrogens with zero attached hydrogens (tertiary/aromatic N) is 3. The predicted octanol–water partition coefficient (Wildman–Crippen LogP) is 1.85. The molecule has 3 rings (SSSR count). The van der Waals surface area contributed by atoms with Gasteiger partial charge in [0, 0.05) is 6.20 Å². The number of aryl methyl sites for hydroxylation is 2. The second-order valence-electron chi connectivity index (χ2n) is 5.27. The van der Waals surface area contributed by atoms with Crippen molar-refractivity contribution in [3.05, 3.63) is 69.8 Å².